The lowest BCUT2D eigenvalue weighted by molar-refractivity contribution is -0.385. The van der Waals surface area contributed by atoms with Gasteiger partial charge in [-0.25, -0.2) is 9.59 Å². The van der Waals surface area contributed by atoms with Gasteiger partial charge in [-0.1, -0.05) is 0 Å². The first-order valence-corrected chi connectivity index (χ1v) is 8.95. The summed E-state index contributed by atoms with van der Waals surface area (Å²) in [6, 6.07) is 9.79. The third kappa shape index (κ3) is 6.06. The smallest absolute Gasteiger partial charge is 0.343 e. The largest absolute Gasteiger partial charge is 0.424 e. The Balaban J connectivity index is 2.04. The van der Waals surface area contributed by atoms with E-state index in [9.17, 15) is 29.8 Å². The summed E-state index contributed by atoms with van der Waals surface area (Å²) >= 11 is 0. The van der Waals surface area contributed by atoms with Gasteiger partial charge in [-0.05, 0) is 52.0 Å². The lowest BCUT2D eigenvalue weighted by Gasteiger charge is -2.32. The molecule has 2 aromatic carbocycles. The Morgan fingerprint density at radius 1 is 0.677 bits per heavy atom. The second-order valence-corrected chi connectivity index (χ2v) is 7.40. The van der Waals surface area contributed by atoms with Crippen LogP contribution in [0.1, 0.15) is 27.7 Å². The molecule has 0 saturated heterocycles. The molecule has 0 spiro atoms. The molecular weight excluding hydrogens is 412 g/mol. The third-order valence-corrected chi connectivity index (χ3v) is 4.01. The van der Waals surface area contributed by atoms with Gasteiger partial charge in [0.25, 0.3) is 11.4 Å². The molecule has 0 amide bonds. The zero-order valence-corrected chi connectivity index (χ0v) is 17.2. The first-order chi connectivity index (χ1) is 14.3. The molecule has 0 unspecified atom stereocenters. The summed E-state index contributed by atoms with van der Waals surface area (Å²) in [5.74, 6) is -1.53. The Kier molecular flexibility index (Phi) is 6.71. The molecule has 0 radical (unpaired) electrons. The van der Waals surface area contributed by atoms with Gasteiger partial charge in [0.05, 0.1) is 9.85 Å². The van der Waals surface area contributed by atoms with Gasteiger partial charge in [-0.15, -0.1) is 0 Å². The van der Waals surface area contributed by atoms with Gasteiger partial charge < -0.3 is 14.2 Å². The standard InChI is InChI=1S/C20H20N2O9/c1-19(2,17(23)29-15-9-5-13(6-10-15)21(25)26)31-20(3,4)18(24)30-16-11-7-14(8-12-16)22(27)28/h5-12H,1-4H3. The van der Waals surface area contributed by atoms with E-state index in [1.165, 1.54) is 76.2 Å². The number of carbonyl (C=O) groups is 2. The van der Waals surface area contributed by atoms with Crippen LogP contribution < -0.4 is 9.47 Å². The van der Waals surface area contributed by atoms with E-state index < -0.39 is 33.0 Å². The number of nitro groups is 2. The maximum Gasteiger partial charge on any atom is 0.343 e. The predicted octanol–water partition coefficient (Wildman–Crippen LogP) is 3.59. The fourth-order valence-corrected chi connectivity index (χ4v) is 2.45. The fraction of sp³-hybridized carbons (Fsp3) is 0.300. The molecule has 2 rings (SSSR count). The molecule has 2 aromatic rings. The number of carbonyl (C=O) groups excluding carboxylic acids is 2. The van der Waals surface area contributed by atoms with Crippen molar-refractivity contribution in [2.75, 3.05) is 0 Å². The minimum absolute atomic E-state index is 0.0681. The molecule has 0 bridgehead atoms. The van der Waals surface area contributed by atoms with Crippen LogP contribution >= 0.6 is 0 Å². The second-order valence-electron chi connectivity index (χ2n) is 7.40. The lowest BCUT2D eigenvalue weighted by atomic mass is 10.1. The molecule has 0 saturated carbocycles. The van der Waals surface area contributed by atoms with Gasteiger partial charge in [0, 0.05) is 24.3 Å². The Labute approximate surface area is 176 Å². The lowest BCUT2D eigenvalue weighted by Crippen LogP contribution is -2.50. The molecule has 0 N–H and O–H groups in total. The highest BCUT2D eigenvalue weighted by atomic mass is 16.6. The average molecular weight is 432 g/mol. The summed E-state index contributed by atoms with van der Waals surface area (Å²) in [5, 5.41) is 21.4. The summed E-state index contributed by atoms with van der Waals surface area (Å²) in [6.07, 6.45) is 0. The zero-order chi connectivity index (χ0) is 23.4. The monoisotopic (exact) mass is 432 g/mol. The molecule has 11 heteroatoms. The van der Waals surface area contributed by atoms with E-state index in [0.717, 1.165) is 0 Å². The van der Waals surface area contributed by atoms with E-state index in [0.29, 0.717) is 0 Å². The van der Waals surface area contributed by atoms with Crippen molar-refractivity contribution in [3.05, 3.63) is 68.8 Å². The van der Waals surface area contributed by atoms with Crippen LogP contribution in [0.5, 0.6) is 11.5 Å². The number of hydrogen-bond acceptors (Lipinski definition) is 9. The Bertz CT molecular complexity index is 915. The predicted molar refractivity (Wildman–Crippen MR) is 107 cm³/mol. The van der Waals surface area contributed by atoms with Crippen LogP contribution in [0.25, 0.3) is 0 Å². The molecule has 31 heavy (non-hydrogen) atoms. The van der Waals surface area contributed by atoms with E-state index in [1.54, 1.807) is 0 Å². The van der Waals surface area contributed by atoms with Gasteiger partial charge in [0.1, 0.15) is 11.5 Å². The van der Waals surface area contributed by atoms with Crippen LogP contribution in [0.2, 0.25) is 0 Å². The summed E-state index contributed by atoms with van der Waals surface area (Å²) < 4.78 is 16.0. The molecule has 0 aliphatic carbocycles. The maximum absolute atomic E-state index is 12.5. The number of nitrogens with zero attached hydrogens (tertiary/aromatic N) is 2. The van der Waals surface area contributed by atoms with Crippen molar-refractivity contribution in [1.82, 2.24) is 0 Å². The van der Waals surface area contributed by atoms with Crippen molar-refractivity contribution in [3.8, 4) is 11.5 Å². The summed E-state index contributed by atoms with van der Waals surface area (Å²) in [7, 11) is 0. The quantitative estimate of drug-likeness (QED) is 0.264. The van der Waals surface area contributed by atoms with Crippen molar-refractivity contribution in [2.45, 2.75) is 38.9 Å². The van der Waals surface area contributed by atoms with E-state index in [4.69, 9.17) is 14.2 Å². The number of nitro benzene ring substituents is 2. The van der Waals surface area contributed by atoms with Crippen LogP contribution in [-0.4, -0.2) is 33.0 Å². The van der Waals surface area contributed by atoms with Crippen LogP contribution in [0, 0.1) is 20.2 Å². The molecule has 0 aliphatic heterocycles. The number of esters is 2. The number of ether oxygens (including phenoxy) is 3. The van der Waals surface area contributed by atoms with Crippen LogP contribution in [0.15, 0.2) is 48.5 Å². The molecule has 0 atom stereocenters. The highest BCUT2D eigenvalue weighted by Gasteiger charge is 2.42. The Morgan fingerprint density at radius 2 is 0.968 bits per heavy atom. The zero-order valence-electron chi connectivity index (χ0n) is 17.2. The molecule has 0 aromatic heterocycles. The normalized spacial score (nSPS) is 11.5. The van der Waals surface area contributed by atoms with Crippen molar-refractivity contribution < 1.29 is 33.6 Å². The molecule has 164 valence electrons. The van der Waals surface area contributed by atoms with Crippen LogP contribution in [0.3, 0.4) is 0 Å². The number of hydrogen-bond donors (Lipinski definition) is 0. The van der Waals surface area contributed by atoms with Gasteiger partial charge in [0.15, 0.2) is 11.2 Å². The minimum atomic E-state index is -1.58. The van der Waals surface area contributed by atoms with Gasteiger partial charge >= 0.3 is 11.9 Å². The average Bonchev–Trinajstić information content (AvgIpc) is 2.68. The third-order valence-electron chi connectivity index (χ3n) is 4.01. The highest BCUT2D eigenvalue weighted by molar-refractivity contribution is 5.84. The molecular formula is C20H20N2O9. The van der Waals surface area contributed by atoms with Gasteiger partial charge in [-0.3, -0.25) is 20.2 Å². The van der Waals surface area contributed by atoms with Crippen molar-refractivity contribution >= 4 is 23.3 Å². The fourth-order valence-electron chi connectivity index (χ4n) is 2.45. The highest BCUT2D eigenvalue weighted by Crippen LogP contribution is 2.26. The number of rotatable bonds is 8. The second kappa shape index (κ2) is 8.88. The minimum Gasteiger partial charge on any atom is -0.424 e. The molecule has 0 heterocycles. The van der Waals surface area contributed by atoms with Crippen LogP contribution in [-0.2, 0) is 14.3 Å². The van der Waals surface area contributed by atoms with E-state index in [2.05, 4.69) is 0 Å². The van der Waals surface area contributed by atoms with Gasteiger partial charge in [0.2, 0.25) is 0 Å². The topological polar surface area (TPSA) is 148 Å². The van der Waals surface area contributed by atoms with Crippen molar-refractivity contribution in [3.63, 3.8) is 0 Å². The molecule has 0 aliphatic rings. The maximum atomic E-state index is 12.5. The van der Waals surface area contributed by atoms with E-state index >= 15 is 0 Å². The first-order valence-electron chi connectivity index (χ1n) is 8.95. The summed E-state index contributed by atoms with van der Waals surface area (Å²) in [6.45, 7) is 5.56. The Morgan fingerprint density at radius 3 is 1.23 bits per heavy atom. The molecule has 11 nitrogen and oxygen atoms in total. The summed E-state index contributed by atoms with van der Waals surface area (Å²) in [5.41, 5.74) is -3.49. The van der Waals surface area contributed by atoms with E-state index in [-0.39, 0.29) is 22.9 Å². The van der Waals surface area contributed by atoms with E-state index in [1.807, 2.05) is 0 Å². The Hall–Kier alpha value is -3.86. The number of non-ortho nitro benzene ring substituents is 2. The van der Waals surface area contributed by atoms with Crippen LogP contribution in [0.4, 0.5) is 11.4 Å². The van der Waals surface area contributed by atoms with Crippen molar-refractivity contribution in [1.29, 1.82) is 0 Å². The van der Waals surface area contributed by atoms with Gasteiger partial charge in [-0.2, -0.15) is 0 Å². The van der Waals surface area contributed by atoms with Crippen molar-refractivity contribution in [2.24, 2.45) is 0 Å². The first kappa shape index (κ1) is 23.4. The SMILES string of the molecule is CC(C)(OC(C)(C)C(=O)Oc1ccc([N+](=O)[O-])cc1)C(=O)Oc1ccc([N+](=O)[O-])cc1. The number of benzene rings is 2. The molecule has 0 fully saturated rings. The summed E-state index contributed by atoms with van der Waals surface area (Å²) in [4.78, 5) is 45.3.